The van der Waals surface area contributed by atoms with Crippen molar-refractivity contribution in [1.82, 2.24) is 30.2 Å². The monoisotopic (exact) mass is 665 g/mol. The highest BCUT2D eigenvalue weighted by Gasteiger charge is 2.28. The van der Waals surface area contributed by atoms with Gasteiger partial charge in [-0.2, -0.15) is 9.97 Å². The Hall–Kier alpha value is -4.70. The summed E-state index contributed by atoms with van der Waals surface area (Å²) in [4.78, 5) is 59.2. The zero-order valence-corrected chi connectivity index (χ0v) is 27.2. The Morgan fingerprint density at radius 3 is 2.50 bits per heavy atom. The molecule has 0 fully saturated rings. The van der Waals surface area contributed by atoms with Gasteiger partial charge in [0.15, 0.2) is 17.0 Å². The fourth-order valence-electron chi connectivity index (χ4n) is 3.89. The van der Waals surface area contributed by atoms with Gasteiger partial charge in [-0.25, -0.2) is 19.7 Å². The van der Waals surface area contributed by atoms with E-state index >= 15 is 0 Å². The van der Waals surface area contributed by atoms with Crippen LogP contribution in [0.3, 0.4) is 0 Å². The van der Waals surface area contributed by atoms with Crippen molar-refractivity contribution in [3.05, 3.63) is 66.1 Å². The van der Waals surface area contributed by atoms with Crippen LogP contribution < -0.4 is 22.1 Å². The largest absolute Gasteiger partial charge is 0.465 e. The zero-order valence-electron chi connectivity index (χ0n) is 25.6. The average molecular weight is 666 g/mol. The summed E-state index contributed by atoms with van der Waals surface area (Å²) in [6, 6.07) is 11.2. The summed E-state index contributed by atoms with van der Waals surface area (Å²) in [6.07, 6.45) is 3.21. The first-order valence-corrected chi connectivity index (χ1v) is 16.6. The Balaban J connectivity index is 1.28. The number of hydrogen-bond acceptors (Lipinski definition) is 15. The lowest BCUT2D eigenvalue weighted by Crippen LogP contribution is -2.44. The van der Waals surface area contributed by atoms with Crippen molar-refractivity contribution in [1.29, 1.82) is 0 Å². The maximum atomic E-state index is 13.1. The Labute approximate surface area is 273 Å². The van der Waals surface area contributed by atoms with Crippen molar-refractivity contribution in [3.8, 4) is 0 Å². The van der Waals surface area contributed by atoms with Gasteiger partial charge in [-0.3, -0.25) is 9.59 Å². The number of nitrogens with zero attached hydrogens (tertiary/aromatic N) is 5. The molecule has 1 amide bonds. The maximum absolute atomic E-state index is 13.1. The van der Waals surface area contributed by atoms with E-state index in [0.717, 1.165) is 5.03 Å². The number of amides is 1. The molecular formula is C30H35N9O5S2. The molecule has 3 aromatic heterocycles. The van der Waals surface area contributed by atoms with Crippen LogP contribution in [0.25, 0.3) is 11.2 Å². The number of carbonyl (C=O) groups excluding carboxylic acids is 3. The molecule has 1 aromatic carbocycles. The average Bonchev–Trinajstić information content (AvgIpc) is 3.01. The van der Waals surface area contributed by atoms with Crippen molar-refractivity contribution in [2.45, 2.75) is 56.8 Å². The summed E-state index contributed by atoms with van der Waals surface area (Å²) in [6.45, 7) is 5.71. The number of hydrogen-bond donors (Lipinski definition) is 4. The second kappa shape index (κ2) is 16.0. The summed E-state index contributed by atoms with van der Waals surface area (Å²) in [7, 11) is 3.01. The number of fused-ring (bicyclic) bond motifs is 1. The quantitative estimate of drug-likeness (QED) is 0.0857. The lowest BCUT2D eigenvalue weighted by atomic mass is 10.1. The fraction of sp³-hybridized carbons (Fsp3) is 0.333. The minimum Gasteiger partial charge on any atom is -0.465 e. The molecule has 0 radical (unpaired) electrons. The van der Waals surface area contributed by atoms with Gasteiger partial charge in [0.05, 0.1) is 18.4 Å². The van der Waals surface area contributed by atoms with Crippen LogP contribution in [0.4, 0.5) is 17.5 Å². The smallest absolute Gasteiger partial charge is 0.329 e. The SMILES string of the molecule is CC(C)(C)OC(=O)C(CCC(=O)OCCSSc1ccccn1)NC(=O)c1ccc(NCc2cnc3nc(N)nc(N)c3n2)cc1. The number of ether oxygens (including phenoxy) is 2. The molecule has 242 valence electrons. The molecule has 1 atom stereocenters. The molecule has 0 aliphatic carbocycles. The summed E-state index contributed by atoms with van der Waals surface area (Å²) in [5.74, 6) is -0.879. The number of nitrogens with one attached hydrogen (secondary N) is 2. The number of aromatic nitrogens is 5. The predicted molar refractivity (Wildman–Crippen MR) is 178 cm³/mol. The van der Waals surface area contributed by atoms with Crippen LogP contribution in [-0.4, -0.2) is 66.8 Å². The Morgan fingerprint density at radius 1 is 1.00 bits per heavy atom. The fourth-order valence-corrected chi connectivity index (χ4v) is 5.59. The Kier molecular flexibility index (Phi) is 11.9. The third-order valence-electron chi connectivity index (χ3n) is 5.97. The number of rotatable bonds is 14. The van der Waals surface area contributed by atoms with E-state index in [1.54, 1.807) is 57.4 Å². The van der Waals surface area contributed by atoms with E-state index in [4.69, 9.17) is 20.9 Å². The third-order valence-corrected chi connectivity index (χ3v) is 8.20. The topological polar surface area (TPSA) is 210 Å². The number of nitrogens with two attached hydrogens (primary N) is 2. The highest BCUT2D eigenvalue weighted by atomic mass is 33.1. The van der Waals surface area contributed by atoms with Gasteiger partial charge >= 0.3 is 11.9 Å². The standard InChI is InChI=1S/C30H35N9O5S2/c1-30(2,3)44-28(42)21(11-12-23(40)43-14-15-45-46-22-6-4-5-13-33-22)37-27(41)18-7-9-19(10-8-18)34-16-20-17-35-26-24(36-20)25(31)38-29(32)39-26/h4-10,13,17,21,34H,11-12,14-16H2,1-3H3,(H,37,41)(H4,31,32,35,38,39). The molecule has 0 spiro atoms. The lowest BCUT2D eigenvalue weighted by Gasteiger charge is -2.24. The van der Waals surface area contributed by atoms with Crippen LogP contribution in [0.15, 0.2) is 59.9 Å². The minimum atomic E-state index is -1.05. The van der Waals surface area contributed by atoms with E-state index in [1.807, 2.05) is 18.2 Å². The van der Waals surface area contributed by atoms with Gasteiger partial charge in [-0.15, -0.1) is 0 Å². The highest BCUT2D eigenvalue weighted by Crippen LogP contribution is 2.28. The first-order valence-electron chi connectivity index (χ1n) is 14.3. The molecule has 6 N–H and O–H groups in total. The number of esters is 2. The first-order chi connectivity index (χ1) is 22.0. The van der Waals surface area contributed by atoms with Crippen LogP contribution in [0.1, 0.15) is 49.7 Å². The van der Waals surface area contributed by atoms with Crippen LogP contribution in [0.5, 0.6) is 0 Å². The van der Waals surface area contributed by atoms with Crippen LogP contribution in [0, 0.1) is 0 Å². The van der Waals surface area contributed by atoms with Gasteiger partial charge in [0, 0.05) is 29.6 Å². The number of nitrogen functional groups attached to an aromatic ring is 2. The van der Waals surface area contributed by atoms with Crippen molar-refractivity contribution in [2.75, 3.05) is 29.1 Å². The molecule has 4 aromatic rings. The molecule has 1 unspecified atom stereocenters. The Bertz CT molecular complexity index is 1650. The molecule has 0 aliphatic rings. The van der Waals surface area contributed by atoms with E-state index in [9.17, 15) is 14.4 Å². The van der Waals surface area contributed by atoms with Crippen LogP contribution in [0.2, 0.25) is 0 Å². The van der Waals surface area contributed by atoms with Gasteiger partial charge in [0.2, 0.25) is 5.95 Å². The number of anilines is 3. The summed E-state index contributed by atoms with van der Waals surface area (Å²) >= 11 is 0. The number of carbonyl (C=O) groups is 3. The van der Waals surface area contributed by atoms with Gasteiger partial charge in [0.25, 0.3) is 5.91 Å². The van der Waals surface area contributed by atoms with Crippen molar-refractivity contribution in [2.24, 2.45) is 0 Å². The second-order valence-electron chi connectivity index (χ2n) is 10.8. The molecule has 4 rings (SSSR count). The molecule has 16 heteroatoms. The zero-order chi connectivity index (χ0) is 33.1. The van der Waals surface area contributed by atoms with Crippen molar-refractivity contribution in [3.63, 3.8) is 0 Å². The predicted octanol–water partition coefficient (Wildman–Crippen LogP) is 3.80. The molecule has 3 heterocycles. The molecule has 0 aliphatic heterocycles. The van der Waals surface area contributed by atoms with Gasteiger partial charge < -0.3 is 31.6 Å². The summed E-state index contributed by atoms with van der Waals surface area (Å²) in [5.41, 5.74) is 13.0. The van der Waals surface area contributed by atoms with E-state index < -0.39 is 29.5 Å². The lowest BCUT2D eigenvalue weighted by molar-refractivity contribution is -0.157. The first kappa shape index (κ1) is 34.2. The van der Waals surface area contributed by atoms with E-state index in [0.29, 0.717) is 40.4 Å². The molecule has 0 saturated heterocycles. The molecule has 0 bridgehead atoms. The van der Waals surface area contributed by atoms with Crippen molar-refractivity contribution < 1.29 is 23.9 Å². The number of pyridine rings is 1. The van der Waals surface area contributed by atoms with Gasteiger partial charge in [0.1, 0.15) is 23.3 Å². The Morgan fingerprint density at radius 2 is 1.78 bits per heavy atom. The maximum Gasteiger partial charge on any atom is 0.329 e. The van der Waals surface area contributed by atoms with Crippen molar-refractivity contribution >= 4 is 68.1 Å². The molecule has 0 saturated carbocycles. The summed E-state index contributed by atoms with van der Waals surface area (Å²) in [5, 5.41) is 6.77. The van der Waals surface area contributed by atoms with Gasteiger partial charge in [-0.05, 0) is 74.4 Å². The van der Waals surface area contributed by atoms with E-state index in [-0.39, 0.29) is 31.2 Å². The molecule has 46 heavy (non-hydrogen) atoms. The second-order valence-corrected chi connectivity index (χ2v) is 13.3. The van der Waals surface area contributed by atoms with Crippen LogP contribution in [-0.2, 0) is 25.6 Å². The van der Waals surface area contributed by atoms with Gasteiger partial charge in [-0.1, -0.05) is 16.9 Å². The normalized spacial score (nSPS) is 11.9. The summed E-state index contributed by atoms with van der Waals surface area (Å²) < 4.78 is 10.8. The molecule has 14 nitrogen and oxygen atoms in total. The molecular weight excluding hydrogens is 631 g/mol. The van der Waals surface area contributed by atoms with E-state index in [1.165, 1.54) is 21.6 Å². The minimum absolute atomic E-state index is 0.0178. The third kappa shape index (κ3) is 10.7. The number of benzene rings is 1. The highest BCUT2D eigenvalue weighted by molar-refractivity contribution is 8.76. The van der Waals surface area contributed by atoms with Crippen LogP contribution >= 0.6 is 21.6 Å². The van der Waals surface area contributed by atoms with E-state index in [2.05, 4.69) is 35.6 Å².